The predicted molar refractivity (Wildman–Crippen MR) is 62.8 cm³/mol. The molecule has 4 heteroatoms. The van der Waals surface area contributed by atoms with Crippen LogP contribution >= 0.6 is 0 Å². The van der Waals surface area contributed by atoms with Crippen molar-refractivity contribution in [3.63, 3.8) is 0 Å². The van der Waals surface area contributed by atoms with Crippen LogP contribution in [-0.2, 0) is 4.79 Å². The second kappa shape index (κ2) is 4.14. The molecule has 16 heavy (non-hydrogen) atoms. The van der Waals surface area contributed by atoms with Gasteiger partial charge in [0.1, 0.15) is 11.8 Å². The van der Waals surface area contributed by atoms with Crippen LogP contribution < -0.4 is 15.0 Å². The van der Waals surface area contributed by atoms with E-state index in [1.54, 1.807) is 19.1 Å². The number of methoxy groups -OCH3 is 1. The second-order valence-corrected chi connectivity index (χ2v) is 3.81. The summed E-state index contributed by atoms with van der Waals surface area (Å²) in [6.07, 6.45) is 0. The van der Waals surface area contributed by atoms with Crippen LogP contribution in [-0.4, -0.2) is 26.6 Å². The Morgan fingerprint density at radius 3 is 2.88 bits per heavy atom. The molecule has 0 aromatic heterocycles. The summed E-state index contributed by atoms with van der Waals surface area (Å²) in [7, 11) is 3.41. The molecule has 0 spiro atoms. The Morgan fingerprint density at radius 2 is 2.25 bits per heavy atom. The normalized spacial score (nSPS) is 18.8. The molecule has 0 saturated heterocycles. The largest absolute Gasteiger partial charge is 0.497 e. The van der Waals surface area contributed by atoms with Gasteiger partial charge in [0, 0.05) is 18.7 Å². The Kier molecular flexibility index (Phi) is 2.83. The number of hydrogen-bond acceptors (Lipinski definition) is 3. The molecular formula is C12H16N2O2. The Labute approximate surface area is 95.2 Å². The van der Waals surface area contributed by atoms with Gasteiger partial charge in [-0.2, -0.15) is 0 Å². The molecular weight excluding hydrogens is 204 g/mol. The minimum atomic E-state index is -0.212. The Balaban J connectivity index is 2.43. The highest BCUT2D eigenvalue weighted by Gasteiger charge is 2.34. The molecule has 1 atom stereocenters. The highest BCUT2D eigenvalue weighted by Crippen LogP contribution is 2.37. The maximum atomic E-state index is 12.0. The van der Waals surface area contributed by atoms with Crippen molar-refractivity contribution in [1.82, 2.24) is 5.32 Å². The zero-order valence-corrected chi connectivity index (χ0v) is 9.78. The second-order valence-electron chi connectivity index (χ2n) is 3.81. The van der Waals surface area contributed by atoms with Crippen LogP contribution in [0.1, 0.15) is 18.5 Å². The van der Waals surface area contributed by atoms with E-state index in [0.29, 0.717) is 0 Å². The average Bonchev–Trinajstić information content (AvgIpc) is 2.54. The van der Waals surface area contributed by atoms with E-state index in [0.717, 1.165) is 23.5 Å². The maximum Gasteiger partial charge on any atom is 0.248 e. The molecule has 1 unspecified atom stereocenters. The Hall–Kier alpha value is -1.55. The predicted octanol–water partition coefficient (Wildman–Crippen LogP) is 1.32. The quantitative estimate of drug-likeness (QED) is 0.835. The zero-order chi connectivity index (χ0) is 11.7. The highest BCUT2D eigenvalue weighted by atomic mass is 16.5. The van der Waals surface area contributed by atoms with E-state index in [2.05, 4.69) is 5.32 Å². The summed E-state index contributed by atoms with van der Waals surface area (Å²) in [6.45, 7) is 2.77. The van der Waals surface area contributed by atoms with Crippen molar-refractivity contribution in [3.8, 4) is 5.75 Å². The molecule has 1 amide bonds. The van der Waals surface area contributed by atoms with Crippen LogP contribution in [0.15, 0.2) is 18.2 Å². The Morgan fingerprint density at radius 1 is 1.50 bits per heavy atom. The van der Waals surface area contributed by atoms with Gasteiger partial charge in [0.25, 0.3) is 0 Å². The van der Waals surface area contributed by atoms with Gasteiger partial charge in [-0.25, -0.2) is 0 Å². The number of likely N-dealkylation sites (N-methyl/N-ethyl adjacent to an activating group) is 2. The molecule has 0 bridgehead atoms. The number of hydrogen-bond donors (Lipinski definition) is 1. The van der Waals surface area contributed by atoms with Crippen molar-refractivity contribution in [1.29, 1.82) is 0 Å². The number of ether oxygens (including phenoxy) is 1. The third-order valence-corrected chi connectivity index (χ3v) is 2.90. The van der Waals surface area contributed by atoms with E-state index in [-0.39, 0.29) is 11.9 Å². The minimum absolute atomic E-state index is 0.0881. The van der Waals surface area contributed by atoms with Crippen molar-refractivity contribution in [2.45, 2.75) is 13.0 Å². The Bertz CT molecular complexity index is 417. The third-order valence-electron chi connectivity index (χ3n) is 2.90. The molecule has 1 aliphatic rings. The first-order valence-electron chi connectivity index (χ1n) is 5.38. The lowest BCUT2D eigenvalue weighted by Gasteiger charge is -2.11. The van der Waals surface area contributed by atoms with E-state index in [4.69, 9.17) is 4.74 Å². The lowest BCUT2D eigenvalue weighted by molar-refractivity contribution is -0.119. The standard InChI is InChI=1S/C12H16N2O2/c1-4-13-11-9-6-5-8(16-3)7-10(9)14(2)12(11)15/h5-7,11,13H,4H2,1-3H3. The van der Waals surface area contributed by atoms with Crippen molar-refractivity contribution in [2.75, 3.05) is 25.6 Å². The molecule has 86 valence electrons. The molecule has 1 aliphatic heterocycles. The van der Waals surface area contributed by atoms with Crippen LogP contribution in [0.4, 0.5) is 5.69 Å². The summed E-state index contributed by atoms with van der Waals surface area (Å²) in [4.78, 5) is 13.6. The van der Waals surface area contributed by atoms with Crippen LogP contribution in [0, 0.1) is 0 Å². The monoisotopic (exact) mass is 220 g/mol. The fraction of sp³-hybridized carbons (Fsp3) is 0.417. The molecule has 4 nitrogen and oxygen atoms in total. The first-order chi connectivity index (χ1) is 7.69. The van der Waals surface area contributed by atoms with Crippen molar-refractivity contribution in [2.24, 2.45) is 0 Å². The van der Waals surface area contributed by atoms with E-state index >= 15 is 0 Å². The number of rotatable bonds is 3. The lowest BCUT2D eigenvalue weighted by Crippen LogP contribution is -2.32. The summed E-state index contributed by atoms with van der Waals surface area (Å²) >= 11 is 0. The van der Waals surface area contributed by atoms with Crippen molar-refractivity contribution >= 4 is 11.6 Å². The number of amides is 1. The van der Waals surface area contributed by atoms with E-state index in [9.17, 15) is 4.79 Å². The first-order valence-corrected chi connectivity index (χ1v) is 5.38. The maximum absolute atomic E-state index is 12.0. The number of anilines is 1. The number of fused-ring (bicyclic) bond motifs is 1. The highest BCUT2D eigenvalue weighted by molar-refractivity contribution is 6.04. The van der Waals surface area contributed by atoms with Crippen LogP contribution in [0.3, 0.4) is 0 Å². The molecule has 1 aromatic carbocycles. The first kappa shape index (κ1) is 11.0. The summed E-state index contributed by atoms with van der Waals surface area (Å²) < 4.78 is 5.16. The molecule has 0 aliphatic carbocycles. The topological polar surface area (TPSA) is 41.6 Å². The minimum Gasteiger partial charge on any atom is -0.497 e. The zero-order valence-electron chi connectivity index (χ0n) is 9.78. The van der Waals surface area contributed by atoms with Crippen LogP contribution in [0.5, 0.6) is 5.75 Å². The molecule has 1 aromatic rings. The van der Waals surface area contributed by atoms with Crippen LogP contribution in [0.2, 0.25) is 0 Å². The number of nitrogens with one attached hydrogen (secondary N) is 1. The number of carbonyl (C=O) groups is 1. The van der Waals surface area contributed by atoms with E-state index < -0.39 is 0 Å². The summed E-state index contributed by atoms with van der Waals surface area (Å²) in [5, 5.41) is 3.19. The number of benzene rings is 1. The smallest absolute Gasteiger partial charge is 0.248 e. The van der Waals surface area contributed by atoms with Crippen molar-refractivity contribution in [3.05, 3.63) is 23.8 Å². The fourth-order valence-corrected chi connectivity index (χ4v) is 2.03. The van der Waals surface area contributed by atoms with Gasteiger partial charge in [-0.15, -0.1) is 0 Å². The molecule has 0 fully saturated rings. The number of nitrogens with zero attached hydrogens (tertiary/aromatic N) is 1. The van der Waals surface area contributed by atoms with Gasteiger partial charge in [-0.05, 0) is 12.6 Å². The van der Waals surface area contributed by atoms with Gasteiger partial charge >= 0.3 is 0 Å². The average molecular weight is 220 g/mol. The van der Waals surface area contributed by atoms with E-state index in [1.165, 1.54) is 0 Å². The van der Waals surface area contributed by atoms with Crippen molar-refractivity contribution < 1.29 is 9.53 Å². The molecule has 0 radical (unpaired) electrons. The summed E-state index contributed by atoms with van der Waals surface area (Å²) in [6, 6.07) is 5.51. The van der Waals surface area contributed by atoms with Gasteiger partial charge in [-0.3, -0.25) is 4.79 Å². The number of carbonyl (C=O) groups excluding carboxylic acids is 1. The lowest BCUT2D eigenvalue weighted by atomic mass is 10.1. The molecule has 1 N–H and O–H groups in total. The van der Waals surface area contributed by atoms with Gasteiger partial charge < -0.3 is 15.0 Å². The van der Waals surface area contributed by atoms with Crippen LogP contribution in [0.25, 0.3) is 0 Å². The van der Waals surface area contributed by atoms with E-state index in [1.807, 2.05) is 25.1 Å². The van der Waals surface area contributed by atoms with Gasteiger partial charge in [0.05, 0.1) is 12.8 Å². The molecule has 0 saturated carbocycles. The van der Waals surface area contributed by atoms with Gasteiger partial charge in [0.2, 0.25) is 5.91 Å². The summed E-state index contributed by atoms with van der Waals surface area (Å²) in [5.74, 6) is 0.862. The molecule has 2 rings (SSSR count). The van der Waals surface area contributed by atoms with Gasteiger partial charge in [0.15, 0.2) is 0 Å². The summed E-state index contributed by atoms with van der Waals surface area (Å²) in [5.41, 5.74) is 1.95. The SMILES string of the molecule is CCNC1C(=O)N(C)c2cc(OC)ccc21. The molecule has 1 heterocycles. The fourth-order valence-electron chi connectivity index (χ4n) is 2.03. The van der Waals surface area contributed by atoms with Gasteiger partial charge in [-0.1, -0.05) is 13.0 Å². The third kappa shape index (κ3) is 1.55.